The van der Waals surface area contributed by atoms with Crippen LogP contribution in [0.1, 0.15) is 20.7 Å². The second-order valence-electron chi connectivity index (χ2n) is 4.91. The average Bonchev–Trinajstić information content (AvgIpc) is 2.61. The van der Waals surface area contributed by atoms with Gasteiger partial charge >= 0.3 is 5.97 Å². The van der Waals surface area contributed by atoms with Gasteiger partial charge in [0.05, 0.1) is 17.0 Å². The molecule has 0 radical (unpaired) electrons. The molecule has 0 bridgehead atoms. The number of aliphatic imine (C=N–C) groups is 1. The van der Waals surface area contributed by atoms with Crippen LogP contribution in [0.3, 0.4) is 0 Å². The van der Waals surface area contributed by atoms with Crippen LogP contribution in [-0.2, 0) is 0 Å². The van der Waals surface area contributed by atoms with Crippen molar-refractivity contribution in [2.75, 3.05) is 11.1 Å². The third-order valence-electron chi connectivity index (χ3n) is 3.18. The molecule has 25 heavy (non-hydrogen) atoms. The number of carbonyl (C=O) groups excluding carboxylic acids is 1. The number of nitrogens with zero attached hydrogens (tertiary/aromatic N) is 1. The summed E-state index contributed by atoms with van der Waals surface area (Å²) in [5, 5.41) is 28.6. The number of carboxylic acid groups (broad SMARTS) is 1. The SMILES string of the molecule is C=NC(=N)CSc1ccc(C(=O)Nc2ccc(C(=O)O)cc2O)cc1. The number of amidine groups is 1. The Labute approximate surface area is 147 Å². The van der Waals surface area contributed by atoms with E-state index in [4.69, 9.17) is 10.5 Å². The van der Waals surface area contributed by atoms with Crippen molar-refractivity contribution < 1.29 is 19.8 Å². The summed E-state index contributed by atoms with van der Waals surface area (Å²) in [6.45, 7) is 3.28. The fraction of sp³-hybridized carbons (Fsp3) is 0.0588. The molecule has 0 fully saturated rings. The predicted molar refractivity (Wildman–Crippen MR) is 97.5 cm³/mol. The van der Waals surface area contributed by atoms with E-state index in [1.807, 2.05) is 0 Å². The Hall–Kier alpha value is -3.13. The summed E-state index contributed by atoms with van der Waals surface area (Å²) in [5.74, 6) is -1.36. The molecule has 0 saturated heterocycles. The summed E-state index contributed by atoms with van der Waals surface area (Å²) in [7, 11) is 0. The fourth-order valence-electron chi connectivity index (χ4n) is 1.86. The third-order valence-corrected chi connectivity index (χ3v) is 4.20. The number of anilines is 1. The van der Waals surface area contributed by atoms with Crippen LogP contribution >= 0.6 is 11.8 Å². The molecule has 0 saturated carbocycles. The maximum Gasteiger partial charge on any atom is 0.335 e. The van der Waals surface area contributed by atoms with Gasteiger partial charge in [0, 0.05) is 10.5 Å². The lowest BCUT2D eigenvalue weighted by molar-refractivity contribution is 0.0696. The molecule has 0 aliphatic carbocycles. The molecule has 0 aliphatic rings. The summed E-state index contributed by atoms with van der Waals surface area (Å²) in [6, 6.07) is 10.4. The van der Waals surface area contributed by atoms with Gasteiger partial charge in [-0.05, 0) is 49.2 Å². The summed E-state index contributed by atoms with van der Waals surface area (Å²) in [4.78, 5) is 27.4. The molecule has 7 nitrogen and oxygen atoms in total. The number of carbonyl (C=O) groups is 2. The molecule has 0 unspecified atom stereocenters. The maximum absolute atomic E-state index is 12.2. The van der Waals surface area contributed by atoms with Crippen LogP contribution in [0.15, 0.2) is 52.4 Å². The smallest absolute Gasteiger partial charge is 0.335 e. The molecule has 2 aromatic rings. The number of carboxylic acids is 1. The van der Waals surface area contributed by atoms with Crippen LogP contribution in [0, 0.1) is 5.41 Å². The number of phenolic OH excluding ortho intramolecular Hbond substituents is 1. The fourth-order valence-corrected chi connectivity index (χ4v) is 2.59. The second kappa shape index (κ2) is 8.11. The summed E-state index contributed by atoms with van der Waals surface area (Å²) in [5.41, 5.74) is 0.429. The van der Waals surface area contributed by atoms with Gasteiger partial charge in [-0.25, -0.2) is 9.79 Å². The average molecular weight is 357 g/mol. The number of phenols is 1. The highest BCUT2D eigenvalue weighted by Gasteiger charge is 2.11. The molecule has 4 N–H and O–H groups in total. The Morgan fingerprint density at radius 3 is 2.36 bits per heavy atom. The van der Waals surface area contributed by atoms with E-state index < -0.39 is 11.9 Å². The number of hydrogen-bond donors (Lipinski definition) is 4. The van der Waals surface area contributed by atoms with Crippen molar-refractivity contribution in [3.63, 3.8) is 0 Å². The molecule has 2 rings (SSSR count). The van der Waals surface area contributed by atoms with E-state index in [0.717, 1.165) is 11.0 Å². The van der Waals surface area contributed by atoms with E-state index in [-0.39, 0.29) is 22.8 Å². The Morgan fingerprint density at radius 1 is 1.16 bits per heavy atom. The quantitative estimate of drug-likeness (QED) is 0.274. The van der Waals surface area contributed by atoms with Crippen molar-refractivity contribution in [1.82, 2.24) is 0 Å². The van der Waals surface area contributed by atoms with Crippen LogP contribution in [-0.4, -0.2) is 40.4 Å². The van der Waals surface area contributed by atoms with E-state index in [0.29, 0.717) is 11.3 Å². The standard InChI is InChI=1S/C17H15N3O4S/c1-19-15(18)9-25-12-5-2-10(3-6-12)16(22)20-13-7-4-11(17(23)24)8-14(13)21/h2-8,18,21H,1,9H2,(H,20,22)(H,23,24). The van der Waals surface area contributed by atoms with Gasteiger partial charge in [-0.1, -0.05) is 0 Å². The molecule has 0 atom stereocenters. The van der Waals surface area contributed by atoms with E-state index in [1.165, 1.54) is 23.9 Å². The van der Waals surface area contributed by atoms with E-state index >= 15 is 0 Å². The Bertz CT molecular complexity index is 834. The molecule has 1 amide bonds. The van der Waals surface area contributed by atoms with Crippen LogP contribution in [0.4, 0.5) is 5.69 Å². The number of rotatable bonds is 6. The van der Waals surface area contributed by atoms with Crippen LogP contribution in [0.2, 0.25) is 0 Å². The highest BCUT2D eigenvalue weighted by molar-refractivity contribution is 8.00. The number of benzene rings is 2. The van der Waals surface area contributed by atoms with Gasteiger partial charge in [-0.2, -0.15) is 0 Å². The van der Waals surface area contributed by atoms with Gasteiger partial charge in [0.2, 0.25) is 0 Å². The second-order valence-corrected chi connectivity index (χ2v) is 5.96. The van der Waals surface area contributed by atoms with Crippen molar-refractivity contribution in [2.24, 2.45) is 4.99 Å². The van der Waals surface area contributed by atoms with Crippen molar-refractivity contribution in [2.45, 2.75) is 4.90 Å². The molecule has 0 spiro atoms. The van der Waals surface area contributed by atoms with Gasteiger partial charge in [0.15, 0.2) is 0 Å². The lowest BCUT2D eigenvalue weighted by atomic mass is 10.1. The number of hydrogen-bond acceptors (Lipinski definition) is 5. The first-order valence-electron chi connectivity index (χ1n) is 7.05. The number of nitrogens with one attached hydrogen (secondary N) is 2. The molecule has 8 heteroatoms. The topological polar surface area (TPSA) is 123 Å². The largest absolute Gasteiger partial charge is 0.506 e. The molecule has 0 aliphatic heterocycles. The highest BCUT2D eigenvalue weighted by Crippen LogP contribution is 2.25. The first-order chi connectivity index (χ1) is 11.9. The van der Waals surface area contributed by atoms with Crippen molar-refractivity contribution >= 4 is 41.9 Å². The first-order valence-corrected chi connectivity index (χ1v) is 8.04. The highest BCUT2D eigenvalue weighted by atomic mass is 32.2. The zero-order valence-electron chi connectivity index (χ0n) is 13.0. The zero-order valence-corrected chi connectivity index (χ0v) is 13.8. The number of amides is 1. The molecular weight excluding hydrogens is 342 g/mol. The minimum absolute atomic E-state index is 0.0727. The molecular formula is C17H15N3O4S. The minimum Gasteiger partial charge on any atom is -0.506 e. The number of thioether (sulfide) groups is 1. The Morgan fingerprint density at radius 2 is 1.80 bits per heavy atom. The van der Waals surface area contributed by atoms with Crippen molar-refractivity contribution in [3.8, 4) is 5.75 Å². The summed E-state index contributed by atoms with van der Waals surface area (Å²) in [6.07, 6.45) is 0. The van der Waals surface area contributed by atoms with Gasteiger partial charge in [-0.3, -0.25) is 10.2 Å². The van der Waals surface area contributed by atoms with Gasteiger partial charge in [-0.15, -0.1) is 11.8 Å². The van der Waals surface area contributed by atoms with E-state index in [1.54, 1.807) is 24.3 Å². The summed E-state index contributed by atoms with van der Waals surface area (Å²) >= 11 is 1.40. The molecule has 128 valence electrons. The molecule has 0 aromatic heterocycles. The normalized spacial score (nSPS) is 10.1. The lowest BCUT2D eigenvalue weighted by Crippen LogP contribution is -2.12. The Balaban J connectivity index is 2.04. The van der Waals surface area contributed by atoms with Gasteiger partial charge < -0.3 is 15.5 Å². The monoisotopic (exact) mass is 357 g/mol. The van der Waals surface area contributed by atoms with E-state index in [2.05, 4.69) is 17.0 Å². The predicted octanol–water partition coefficient (Wildman–Crippen LogP) is 3.11. The minimum atomic E-state index is -1.17. The van der Waals surface area contributed by atoms with Crippen LogP contribution < -0.4 is 5.32 Å². The van der Waals surface area contributed by atoms with Crippen molar-refractivity contribution in [1.29, 1.82) is 5.41 Å². The first kappa shape index (κ1) is 18.2. The third kappa shape index (κ3) is 4.92. The van der Waals surface area contributed by atoms with E-state index in [9.17, 15) is 14.7 Å². The Kier molecular flexibility index (Phi) is 5.91. The molecule has 0 heterocycles. The lowest BCUT2D eigenvalue weighted by Gasteiger charge is -2.08. The van der Waals surface area contributed by atoms with Crippen LogP contribution in [0.25, 0.3) is 0 Å². The maximum atomic E-state index is 12.2. The van der Waals surface area contributed by atoms with Crippen molar-refractivity contribution in [3.05, 3.63) is 53.6 Å². The summed E-state index contributed by atoms with van der Waals surface area (Å²) < 4.78 is 0. The van der Waals surface area contributed by atoms with Crippen LogP contribution in [0.5, 0.6) is 5.75 Å². The number of aromatic carboxylic acids is 1. The number of aromatic hydroxyl groups is 1. The molecule has 2 aromatic carbocycles. The van der Waals surface area contributed by atoms with Gasteiger partial charge in [0.25, 0.3) is 5.91 Å². The zero-order chi connectivity index (χ0) is 18.4. The van der Waals surface area contributed by atoms with Gasteiger partial charge in [0.1, 0.15) is 11.6 Å².